The van der Waals surface area contributed by atoms with Crippen molar-refractivity contribution in [2.24, 2.45) is 5.92 Å². The van der Waals surface area contributed by atoms with E-state index in [4.69, 9.17) is 0 Å². The topological polar surface area (TPSA) is 15.3 Å². The van der Waals surface area contributed by atoms with E-state index in [0.29, 0.717) is 0 Å². The second kappa shape index (κ2) is 6.41. The van der Waals surface area contributed by atoms with Crippen molar-refractivity contribution in [2.45, 2.75) is 44.6 Å². The lowest BCUT2D eigenvalue weighted by molar-refractivity contribution is 0.196. The van der Waals surface area contributed by atoms with Gasteiger partial charge in [0.1, 0.15) is 0 Å². The summed E-state index contributed by atoms with van der Waals surface area (Å²) in [6, 6.07) is 0.930. The molecule has 0 atom stereocenters. The van der Waals surface area contributed by atoms with E-state index in [2.05, 4.69) is 22.9 Å². The largest absolute Gasteiger partial charge is 0.317 e. The molecule has 2 fully saturated rings. The molecule has 2 aliphatic rings. The van der Waals surface area contributed by atoms with Gasteiger partial charge < -0.3 is 10.2 Å². The molecule has 16 heavy (non-hydrogen) atoms. The molecule has 0 amide bonds. The van der Waals surface area contributed by atoms with Gasteiger partial charge in [0, 0.05) is 12.6 Å². The van der Waals surface area contributed by atoms with E-state index in [-0.39, 0.29) is 0 Å². The van der Waals surface area contributed by atoms with E-state index < -0.39 is 0 Å². The summed E-state index contributed by atoms with van der Waals surface area (Å²) < 4.78 is 0. The minimum atomic E-state index is 0.930. The summed E-state index contributed by atoms with van der Waals surface area (Å²) in [5, 5.41) is 3.45. The van der Waals surface area contributed by atoms with Crippen LogP contribution in [0.2, 0.25) is 0 Å². The van der Waals surface area contributed by atoms with Crippen molar-refractivity contribution in [1.82, 2.24) is 10.2 Å². The highest BCUT2D eigenvalue weighted by Gasteiger charge is 2.30. The van der Waals surface area contributed by atoms with Gasteiger partial charge in [0.15, 0.2) is 0 Å². The van der Waals surface area contributed by atoms with Gasteiger partial charge in [0.05, 0.1) is 0 Å². The molecule has 0 aromatic heterocycles. The molecule has 2 nitrogen and oxygen atoms in total. The first-order valence-electron chi connectivity index (χ1n) is 6.96. The van der Waals surface area contributed by atoms with Gasteiger partial charge in [0.25, 0.3) is 0 Å². The number of hydrogen-bond donors (Lipinski definition) is 1. The minimum Gasteiger partial charge on any atom is -0.317 e. The van der Waals surface area contributed by atoms with Crippen LogP contribution in [0, 0.1) is 5.92 Å². The molecule has 0 unspecified atom stereocenters. The van der Waals surface area contributed by atoms with Crippen LogP contribution in [-0.4, -0.2) is 37.1 Å². The van der Waals surface area contributed by atoms with Gasteiger partial charge in [-0.05, 0) is 64.1 Å². The Labute approximate surface area is 100 Å². The summed E-state index contributed by atoms with van der Waals surface area (Å²) >= 11 is 0. The van der Waals surface area contributed by atoms with Crippen LogP contribution >= 0.6 is 0 Å². The number of allylic oxidation sites excluding steroid dienone is 1. The highest BCUT2D eigenvalue weighted by Crippen LogP contribution is 2.29. The number of nitrogens with zero attached hydrogens (tertiary/aromatic N) is 1. The third kappa shape index (κ3) is 3.91. The molecule has 1 saturated carbocycles. The van der Waals surface area contributed by atoms with E-state index >= 15 is 0 Å². The summed E-state index contributed by atoms with van der Waals surface area (Å²) in [5.74, 6) is 0.950. The second-order valence-corrected chi connectivity index (χ2v) is 5.35. The maximum absolute atomic E-state index is 3.81. The Bertz CT molecular complexity index is 205. The van der Waals surface area contributed by atoms with Gasteiger partial charge >= 0.3 is 0 Å². The molecule has 92 valence electrons. The first-order valence-corrected chi connectivity index (χ1v) is 6.96. The van der Waals surface area contributed by atoms with Crippen LogP contribution in [-0.2, 0) is 0 Å². The SMILES string of the molecule is C=CCCCN(CC1CCNCC1)C1CC1. The monoisotopic (exact) mass is 222 g/mol. The number of unbranched alkanes of at least 4 members (excludes halogenated alkanes) is 1. The molecular formula is C14H26N2. The lowest BCUT2D eigenvalue weighted by Gasteiger charge is -2.30. The first kappa shape index (κ1) is 12.1. The third-order valence-corrected chi connectivity index (χ3v) is 3.87. The summed E-state index contributed by atoms with van der Waals surface area (Å²) in [6.45, 7) is 8.91. The number of rotatable bonds is 7. The van der Waals surface area contributed by atoms with E-state index in [0.717, 1.165) is 12.0 Å². The zero-order valence-corrected chi connectivity index (χ0v) is 10.5. The molecule has 2 rings (SSSR count). The number of nitrogens with one attached hydrogen (secondary N) is 1. The first-order chi connectivity index (χ1) is 7.90. The van der Waals surface area contributed by atoms with Crippen molar-refractivity contribution in [3.8, 4) is 0 Å². The average Bonchev–Trinajstić information content (AvgIpc) is 3.13. The van der Waals surface area contributed by atoms with Gasteiger partial charge in [-0.1, -0.05) is 6.08 Å². The zero-order valence-electron chi connectivity index (χ0n) is 10.5. The molecule has 0 aromatic rings. The fraction of sp³-hybridized carbons (Fsp3) is 0.857. The minimum absolute atomic E-state index is 0.930. The van der Waals surface area contributed by atoms with Gasteiger partial charge in [0.2, 0.25) is 0 Å². The van der Waals surface area contributed by atoms with Crippen LogP contribution in [0.4, 0.5) is 0 Å². The molecule has 1 aliphatic heterocycles. The number of piperidine rings is 1. The summed E-state index contributed by atoms with van der Waals surface area (Å²) in [4.78, 5) is 2.75. The summed E-state index contributed by atoms with van der Waals surface area (Å²) in [7, 11) is 0. The third-order valence-electron chi connectivity index (χ3n) is 3.87. The molecular weight excluding hydrogens is 196 g/mol. The predicted molar refractivity (Wildman–Crippen MR) is 69.6 cm³/mol. The Morgan fingerprint density at radius 3 is 2.56 bits per heavy atom. The van der Waals surface area contributed by atoms with Crippen molar-refractivity contribution in [3.05, 3.63) is 12.7 Å². The van der Waals surface area contributed by atoms with Crippen molar-refractivity contribution in [3.63, 3.8) is 0 Å². The smallest absolute Gasteiger partial charge is 0.00965 e. The van der Waals surface area contributed by atoms with E-state index in [9.17, 15) is 0 Å². The van der Waals surface area contributed by atoms with E-state index in [1.807, 2.05) is 0 Å². The van der Waals surface area contributed by atoms with E-state index in [1.165, 1.54) is 64.7 Å². The van der Waals surface area contributed by atoms with Crippen LogP contribution in [0.3, 0.4) is 0 Å². The summed E-state index contributed by atoms with van der Waals surface area (Å²) in [6.07, 6.45) is 10.2. The lowest BCUT2D eigenvalue weighted by Crippen LogP contribution is -2.37. The molecule has 1 heterocycles. The highest BCUT2D eigenvalue weighted by molar-refractivity contribution is 4.86. The van der Waals surface area contributed by atoms with Gasteiger partial charge in [-0.25, -0.2) is 0 Å². The molecule has 0 bridgehead atoms. The Morgan fingerprint density at radius 1 is 1.19 bits per heavy atom. The standard InChI is InChI=1S/C14H26N2/c1-2-3-4-11-16(14-5-6-14)12-13-7-9-15-10-8-13/h2,13-15H,1,3-12H2. The normalized spacial score (nSPS) is 22.6. The zero-order chi connectivity index (χ0) is 11.2. The van der Waals surface area contributed by atoms with Crippen LogP contribution in [0.15, 0.2) is 12.7 Å². The predicted octanol–water partition coefficient (Wildman–Crippen LogP) is 2.42. The fourth-order valence-electron chi connectivity index (χ4n) is 2.70. The highest BCUT2D eigenvalue weighted by atomic mass is 15.2. The maximum atomic E-state index is 3.81. The second-order valence-electron chi connectivity index (χ2n) is 5.35. The van der Waals surface area contributed by atoms with Crippen molar-refractivity contribution in [2.75, 3.05) is 26.2 Å². The molecule has 1 aliphatic carbocycles. The van der Waals surface area contributed by atoms with Gasteiger partial charge in [-0.2, -0.15) is 0 Å². The number of hydrogen-bond acceptors (Lipinski definition) is 2. The molecule has 2 heteroatoms. The Balaban J connectivity index is 1.70. The van der Waals surface area contributed by atoms with E-state index in [1.54, 1.807) is 0 Å². The molecule has 1 saturated heterocycles. The molecule has 0 radical (unpaired) electrons. The van der Waals surface area contributed by atoms with Crippen molar-refractivity contribution in [1.29, 1.82) is 0 Å². The van der Waals surface area contributed by atoms with Gasteiger partial charge in [-0.15, -0.1) is 6.58 Å². The molecule has 0 aromatic carbocycles. The Morgan fingerprint density at radius 2 is 1.94 bits per heavy atom. The lowest BCUT2D eigenvalue weighted by atomic mass is 9.97. The Kier molecular flexibility index (Phi) is 4.86. The maximum Gasteiger partial charge on any atom is 0.00965 e. The fourth-order valence-corrected chi connectivity index (χ4v) is 2.70. The van der Waals surface area contributed by atoms with Gasteiger partial charge in [-0.3, -0.25) is 0 Å². The molecule has 0 spiro atoms. The molecule has 1 N–H and O–H groups in total. The van der Waals surface area contributed by atoms with Crippen LogP contribution < -0.4 is 5.32 Å². The van der Waals surface area contributed by atoms with Crippen LogP contribution in [0.5, 0.6) is 0 Å². The summed E-state index contributed by atoms with van der Waals surface area (Å²) in [5.41, 5.74) is 0. The quantitative estimate of drug-likeness (QED) is 0.526. The van der Waals surface area contributed by atoms with Crippen molar-refractivity contribution >= 4 is 0 Å². The average molecular weight is 222 g/mol. The van der Waals surface area contributed by atoms with Crippen LogP contribution in [0.25, 0.3) is 0 Å². The van der Waals surface area contributed by atoms with Crippen molar-refractivity contribution < 1.29 is 0 Å². The van der Waals surface area contributed by atoms with Crippen LogP contribution in [0.1, 0.15) is 38.5 Å². The Hall–Kier alpha value is -0.340.